The Labute approximate surface area is 156 Å². The van der Waals surface area contributed by atoms with E-state index in [9.17, 15) is 0 Å². The summed E-state index contributed by atoms with van der Waals surface area (Å²) < 4.78 is 0. The fourth-order valence-electron chi connectivity index (χ4n) is 4.36. The van der Waals surface area contributed by atoms with Crippen molar-refractivity contribution in [2.75, 3.05) is 49.6 Å². The summed E-state index contributed by atoms with van der Waals surface area (Å²) in [5.74, 6) is 3.56. The highest BCUT2D eigenvalue weighted by Gasteiger charge is 2.43. The molecule has 1 N–H and O–H groups in total. The van der Waals surface area contributed by atoms with E-state index in [4.69, 9.17) is 0 Å². The summed E-state index contributed by atoms with van der Waals surface area (Å²) >= 11 is 2.06. The molecule has 25 heavy (non-hydrogen) atoms. The van der Waals surface area contributed by atoms with Crippen LogP contribution in [0.5, 0.6) is 0 Å². The third-order valence-electron chi connectivity index (χ3n) is 6.13. The molecule has 2 heterocycles. The first-order valence-electron chi connectivity index (χ1n) is 9.65. The number of thioether (sulfide) groups is 1. The number of rotatable bonds is 3. The molecule has 0 atom stereocenters. The third-order valence-corrected chi connectivity index (χ3v) is 7.07. The first kappa shape index (κ1) is 17.1. The molecule has 4 nitrogen and oxygen atoms in total. The van der Waals surface area contributed by atoms with E-state index in [0.29, 0.717) is 5.41 Å². The van der Waals surface area contributed by atoms with Crippen LogP contribution in [0.4, 0.5) is 5.69 Å². The van der Waals surface area contributed by atoms with Crippen LogP contribution in [0.15, 0.2) is 29.3 Å². The summed E-state index contributed by atoms with van der Waals surface area (Å²) in [7, 11) is 1.91. The van der Waals surface area contributed by atoms with Gasteiger partial charge < -0.3 is 15.1 Å². The van der Waals surface area contributed by atoms with Crippen LogP contribution < -0.4 is 10.2 Å². The maximum absolute atomic E-state index is 4.52. The van der Waals surface area contributed by atoms with Gasteiger partial charge in [0.05, 0.1) is 0 Å². The lowest BCUT2D eigenvalue weighted by Crippen LogP contribution is -2.42. The Hall–Kier alpha value is -1.36. The first-order chi connectivity index (χ1) is 12.3. The fourth-order valence-corrected chi connectivity index (χ4v) is 5.26. The predicted octanol–water partition coefficient (Wildman–Crippen LogP) is 3.19. The van der Waals surface area contributed by atoms with Crippen molar-refractivity contribution < 1.29 is 0 Å². The number of anilines is 1. The monoisotopic (exact) mass is 358 g/mol. The lowest BCUT2D eigenvalue weighted by atomic mass is 9.68. The van der Waals surface area contributed by atoms with Crippen LogP contribution in [-0.4, -0.2) is 55.6 Å². The van der Waals surface area contributed by atoms with Gasteiger partial charge >= 0.3 is 0 Å². The largest absolute Gasteiger partial charge is 0.370 e. The smallest absolute Gasteiger partial charge is 0.193 e. The van der Waals surface area contributed by atoms with Gasteiger partial charge in [0.15, 0.2) is 5.96 Å². The maximum Gasteiger partial charge on any atom is 0.193 e. The predicted molar refractivity (Wildman–Crippen MR) is 109 cm³/mol. The van der Waals surface area contributed by atoms with Gasteiger partial charge in [-0.25, -0.2) is 0 Å². The molecule has 4 rings (SSSR count). The number of hydrogen-bond acceptors (Lipinski definition) is 3. The molecule has 2 aliphatic heterocycles. The number of aliphatic imine (C=N–C) groups is 1. The van der Waals surface area contributed by atoms with Crippen molar-refractivity contribution >= 4 is 23.4 Å². The van der Waals surface area contributed by atoms with Crippen molar-refractivity contribution in [1.82, 2.24) is 10.2 Å². The zero-order valence-electron chi connectivity index (χ0n) is 15.3. The molecule has 1 aliphatic carbocycles. The summed E-state index contributed by atoms with van der Waals surface area (Å²) in [6.07, 6.45) is 5.59. The third kappa shape index (κ3) is 3.76. The molecule has 1 saturated carbocycles. The molecule has 5 heteroatoms. The van der Waals surface area contributed by atoms with Crippen molar-refractivity contribution in [2.24, 2.45) is 10.4 Å². The van der Waals surface area contributed by atoms with Crippen LogP contribution in [0.2, 0.25) is 0 Å². The molecule has 1 aromatic carbocycles. The molecule has 136 valence electrons. The van der Waals surface area contributed by atoms with Gasteiger partial charge in [0, 0.05) is 57.0 Å². The van der Waals surface area contributed by atoms with Crippen LogP contribution in [0, 0.1) is 5.41 Å². The van der Waals surface area contributed by atoms with Gasteiger partial charge in [0.1, 0.15) is 0 Å². The van der Waals surface area contributed by atoms with Crippen molar-refractivity contribution in [3.8, 4) is 0 Å². The number of nitrogens with zero attached hydrogens (tertiary/aromatic N) is 3. The topological polar surface area (TPSA) is 30.9 Å². The highest BCUT2D eigenvalue weighted by atomic mass is 32.2. The molecule has 0 aromatic heterocycles. The molecule has 3 fully saturated rings. The summed E-state index contributed by atoms with van der Waals surface area (Å²) in [5.41, 5.74) is 3.31. The molecule has 1 spiro atoms. The zero-order chi connectivity index (χ0) is 17.1. The van der Waals surface area contributed by atoms with Crippen molar-refractivity contribution in [3.63, 3.8) is 0 Å². The molecular formula is C20H30N4S. The number of benzene rings is 1. The van der Waals surface area contributed by atoms with Gasteiger partial charge in [-0.3, -0.25) is 4.99 Å². The van der Waals surface area contributed by atoms with Crippen molar-refractivity contribution in [3.05, 3.63) is 29.8 Å². The van der Waals surface area contributed by atoms with E-state index >= 15 is 0 Å². The van der Waals surface area contributed by atoms with E-state index in [0.717, 1.165) is 19.0 Å². The Morgan fingerprint density at radius 1 is 1.12 bits per heavy atom. The zero-order valence-corrected chi connectivity index (χ0v) is 16.2. The normalized spacial score (nSPS) is 23.0. The number of guanidine groups is 1. The Morgan fingerprint density at radius 3 is 2.48 bits per heavy atom. The van der Waals surface area contributed by atoms with Crippen LogP contribution in [0.3, 0.4) is 0 Å². The quantitative estimate of drug-likeness (QED) is 0.664. The van der Waals surface area contributed by atoms with Gasteiger partial charge in [0.25, 0.3) is 0 Å². The standard InChI is InChI=1S/C20H30N4S/c1-21-19(24-10-9-20(16-24)7-2-8-20)22-15-17-3-5-18(6-4-17)23-11-13-25-14-12-23/h3-6H,2,7-16H2,1H3,(H,21,22). The van der Waals surface area contributed by atoms with Gasteiger partial charge in [-0.2, -0.15) is 11.8 Å². The highest BCUT2D eigenvalue weighted by molar-refractivity contribution is 7.99. The molecule has 2 saturated heterocycles. The van der Waals surface area contributed by atoms with Crippen LogP contribution in [0.1, 0.15) is 31.2 Å². The van der Waals surface area contributed by atoms with E-state index in [1.807, 2.05) is 7.05 Å². The molecule has 0 bridgehead atoms. The molecular weight excluding hydrogens is 328 g/mol. The van der Waals surface area contributed by atoms with Crippen molar-refractivity contribution in [2.45, 2.75) is 32.2 Å². The lowest BCUT2D eigenvalue weighted by molar-refractivity contribution is 0.151. The fraction of sp³-hybridized carbons (Fsp3) is 0.650. The molecule has 1 aromatic rings. The highest BCUT2D eigenvalue weighted by Crippen LogP contribution is 2.47. The second kappa shape index (κ2) is 7.48. The SMILES string of the molecule is CN=C(NCc1ccc(N2CCSCC2)cc1)N1CCC2(CCC2)C1. The van der Waals surface area contributed by atoms with Crippen molar-refractivity contribution in [1.29, 1.82) is 0 Å². The second-order valence-corrected chi connectivity index (χ2v) is 8.92. The van der Waals surface area contributed by atoms with E-state index in [2.05, 4.69) is 56.1 Å². The molecule has 0 radical (unpaired) electrons. The minimum atomic E-state index is 0.617. The van der Waals surface area contributed by atoms with E-state index in [1.165, 1.54) is 68.1 Å². The van der Waals surface area contributed by atoms with Gasteiger partial charge in [-0.05, 0) is 42.4 Å². The van der Waals surface area contributed by atoms with E-state index in [1.54, 1.807) is 0 Å². The van der Waals surface area contributed by atoms with Gasteiger partial charge in [-0.1, -0.05) is 18.6 Å². The minimum absolute atomic E-state index is 0.617. The second-order valence-electron chi connectivity index (χ2n) is 7.69. The van der Waals surface area contributed by atoms with Gasteiger partial charge in [0.2, 0.25) is 0 Å². The maximum atomic E-state index is 4.52. The molecule has 3 aliphatic rings. The average molecular weight is 359 g/mol. The Morgan fingerprint density at radius 2 is 1.88 bits per heavy atom. The molecule has 0 unspecified atom stereocenters. The van der Waals surface area contributed by atoms with E-state index < -0.39 is 0 Å². The Bertz CT molecular complexity index is 603. The van der Waals surface area contributed by atoms with Crippen LogP contribution in [0.25, 0.3) is 0 Å². The number of nitrogens with one attached hydrogen (secondary N) is 1. The average Bonchev–Trinajstić information content (AvgIpc) is 3.10. The summed E-state index contributed by atoms with van der Waals surface area (Å²) in [4.78, 5) is 9.47. The minimum Gasteiger partial charge on any atom is -0.370 e. The lowest BCUT2D eigenvalue weighted by Gasteiger charge is -2.38. The first-order valence-corrected chi connectivity index (χ1v) is 10.8. The molecule has 0 amide bonds. The summed E-state index contributed by atoms with van der Waals surface area (Å²) in [5, 5.41) is 3.57. The Kier molecular flexibility index (Phi) is 5.11. The Balaban J connectivity index is 1.31. The number of likely N-dealkylation sites (tertiary alicyclic amines) is 1. The summed E-state index contributed by atoms with van der Waals surface area (Å²) in [6.45, 7) is 5.55. The van der Waals surface area contributed by atoms with Crippen LogP contribution >= 0.6 is 11.8 Å². The van der Waals surface area contributed by atoms with Gasteiger partial charge in [-0.15, -0.1) is 0 Å². The van der Waals surface area contributed by atoms with Crippen LogP contribution in [-0.2, 0) is 6.54 Å². The summed E-state index contributed by atoms with van der Waals surface area (Å²) in [6, 6.07) is 9.06. The van der Waals surface area contributed by atoms with E-state index in [-0.39, 0.29) is 0 Å². The number of hydrogen-bond donors (Lipinski definition) is 1.